The van der Waals surface area contributed by atoms with Gasteiger partial charge in [-0.1, -0.05) is 46.1 Å². The largest absolute Gasteiger partial charge is 0.409 e. The number of aryl methyl sites for hydroxylation is 3. The van der Waals surface area contributed by atoms with Gasteiger partial charge in [-0.15, -0.1) is 11.8 Å². The zero-order valence-corrected chi connectivity index (χ0v) is 13.4. The molecule has 0 aliphatic heterocycles. The first-order chi connectivity index (χ1) is 9.99. The molecule has 0 unspecified atom stereocenters. The van der Waals surface area contributed by atoms with Crippen molar-refractivity contribution in [3.8, 4) is 0 Å². The van der Waals surface area contributed by atoms with Gasteiger partial charge < -0.3 is 10.9 Å². The van der Waals surface area contributed by atoms with Crippen molar-refractivity contribution in [2.75, 3.05) is 0 Å². The Morgan fingerprint density at radius 2 is 1.71 bits per heavy atom. The molecule has 0 bridgehead atoms. The molecule has 0 aliphatic rings. The lowest BCUT2D eigenvalue weighted by Crippen LogP contribution is -2.14. The fourth-order valence-electron chi connectivity index (χ4n) is 2.34. The number of nitrogens with two attached hydrogens (primary N) is 1. The molecule has 0 atom stereocenters. The highest BCUT2D eigenvalue weighted by Crippen LogP contribution is 2.27. The van der Waals surface area contributed by atoms with Crippen LogP contribution in [0.25, 0.3) is 0 Å². The molecule has 0 fully saturated rings. The Morgan fingerprint density at radius 3 is 2.33 bits per heavy atom. The van der Waals surface area contributed by atoms with E-state index in [4.69, 9.17) is 10.9 Å². The summed E-state index contributed by atoms with van der Waals surface area (Å²) in [4.78, 5) is 1.02. The van der Waals surface area contributed by atoms with Crippen molar-refractivity contribution in [1.29, 1.82) is 0 Å². The van der Waals surface area contributed by atoms with E-state index in [1.54, 1.807) is 11.8 Å². The molecule has 2 aromatic carbocycles. The van der Waals surface area contributed by atoms with E-state index in [9.17, 15) is 0 Å². The van der Waals surface area contributed by atoms with Crippen molar-refractivity contribution in [2.24, 2.45) is 10.9 Å². The number of oxime groups is 1. The van der Waals surface area contributed by atoms with E-state index in [-0.39, 0.29) is 5.84 Å². The van der Waals surface area contributed by atoms with Crippen LogP contribution < -0.4 is 5.73 Å². The van der Waals surface area contributed by atoms with Crippen LogP contribution in [0.3, 0.4) is 0 Å². The molecule has 0 spiro atoms. The highest BCUT2D eigenvalue weighted by molar-refractivity contribution is 7.98. The smallest absolute Gasteiger partial charge is 0.171 e. The molecule has 3 nitrogen and oxygen atoms in total. The minimum atomic E-state index is 0.154. The van der Waals surface area contributed by atoms with Crippen LogP contribution >= 0.6 is 11.8 Å². The van der Waals surface area contributed by atoms with Crippen molar-refractivity contribution in [3.63, 3.8) is 0 Å². The third-order valence-corrected chi connectivity index (χ3v) is 4.34. The second-order valence-corrected chi connectivity index (χ2v) is 6.29. The Bertz CT molecular complexity index is 660. The summed E-state index contributed by atoms with van der Waals surface area (Å²) in [5, 5.41) is 12.0. The van der Waals surface area contributed by atoms with E-state index < -0.39 is 0 Å². The summed E-state index contributed by atoms with van der Waals surface area (Å²) in [6.45, 7) is 6.20. The van der Waals surface area contributed by atoms with Crippen LogP contribution in [0.4, 0.5) is 0 Å². The number of thioether (sulfide) groups is 1. The second kappa shape index (κ2) is 6.68. The first kappa shape index (κ1) is 15.4. The maximum atomic E-state index is 8.92. The third-order valence-electron chi connectivity index (χ3n) is 3.19. The molecule has 3 N–H and O–H groups in total. The van der Waals surface area contributed by atoms with Gasteiger partial charge in [0, 0.05) is 16.2 Å². The van der Waals surface area contributed by atoms with Gasteiger partial charge in [-0.2, -0.15) is 0 Å². The first-order valence-corrected chi connectivity index (χ1v) is 7.76. The normalized spacial score (nSPS) is 11.7. The molecule has 110 valence electrons. The fraction of sp³-hybridized carbons (Fsp3) is 0.235. The molecule has 0 saturated carbocycles. The van der Waals surface area contributed by atoms with Crippen molar-refractivity contribution in [2.45, 2.75) is 31.4 Å². The molecule has 0 aromatic heterocycles. The summed E-state index contributed by atoms with van der Waals surface area (Å²) in [6, 6.07) is 12.6. The van der Waals surface area contributed by atoms with Gasteiger partial charge in [0.05, 0.1) is 0 Å². The van der Waals surface area contributed by atoms with Crippen molar-refractivity contribution >= 4 is 17.6 Å². The van der Waals surface area contributed by atoms with Gasteiger partial charge >= 0.3 is 0 Å². The Balaban J connectivity index is 2.23. The van der Waals surface area contributed by atoms with E-state index in [0.717, 1.165) is 21.8 Å². The van der Waals surface area contributed by atoms with Crippen LogP contribution in [0.5, 0.6) is 0 Å². The topological polar surface area (TPSA) is 58.6 Å². The average Bonchev–Trinajstić information content (AvgIpc) is 2.44. The van der Waals surface area contributed by atoms with Crippen LogP contribution in [-0.4, -0.2) is 11.0 Å². The van der Waals surface area contributed by atoms with E-state index in [2.05, 4.69) is 37.2 Å². The van der Waals surface area contributed by atoms with Gasteiger partial charge in [0.2, 0.25) is 0 Å². The Hall–Kier alpha value is -1.94. The monoisotopic (exact) mass is 300 g/mol. The van der Waals surface area contributed by atoms with Crippen LogP contribution in [0.2, 0.25) is 0 Å². The Labute approximate surface area is 129 Å². The third kappa shape index (κ3) is 4.02. The maximum absolute atomic E-state index is 8.92. The predicted molar refractivity (Wildman–Crippen MR) is 89.2 cm³/mol. The quantitative estimate of drug-likeness (QED) is 0.295. The van der Waals surface area contributed by atoms with Gasteiger partial charge in [0.15, 0.2) is 5.84 Å². The van der Waals surface area contributed by atoms with E-state index in [1.807, 2.05) is 25.1 Å². The molecule has 0 radical (unpaired) electrons. The number of hydrogen-bond donors (Lipinski definition) is 2. The van der Waals surface area contributed by atoms with Gasteiger partial charge in [0.25, 0.3) is 0 Å². The van der Waals surface area contributed by atoms with E-state index in [0.29, 0.717) is 0 Å². The molecule has 0 aliphatic carbocycles. The molecule has 0 heterocycles. The average molecular weight is 300 g/mol. The minimum absolute atomic E-state index is 0.154. The summed E-state index contributed by atoms with van der Waals surface area (Å²) in [7, 11) is 0. The summed E-state index contributed by atoms with van der Waals surface area (Å²) in [6.07, 6.45) is 0. The van der Waals surface area contributed by atoms with Crippen LogP contribution in [0.1, 0.15) is 27.8 Å². The van der Waals surface area contributed by atoms with E-state index in [1.165, 1.54) is 16.7 Å². The molecule has 0 saturated heterocycles. The number of rotatable bonds is 4. The number of benzene rings is 2. The predicted octanol–water partition coefficient (Wildman–Crippen LogP) is 4.00. The Morgan fingerprint density at radius 1 is 1.05 bits per heavy atom. The van der Waals surface area contributed by atoms with Gasteiger partial charge in [-0.3, -0.25) is 0 Å². The van der Waals surface area contributed by atoms with E-state index >= 15 is 0 Å². The molecular weight excluding hydrogens is 280 g/mol. The number of hydrogen-bond acceptors (Lipinski definition) is 3. The fourth-order valence-corrected chi connectivity index (χ4v) is 3.31. The molecule has 2 aromatic rings. The summed E-state index contributed by atoms with van der Waals surface area (Å²) < 4.78 is 0. The molecule has 2 rings (SSSR count). The minimum Gasteiger partial charge on any atom is -0.409 e. The highest BCUT2D eigenvalue weighted by atomic mass is 32.2. The van der Waals surface area contributed by atoms with Crippen LogP contribution in [-0.2, 0) is 5.75 Å². The lowest BCUT2D eigenvalue weighted by Gasteiger charge is -2.10. The highest BCUT2D eigenvalue weighted by Gasteiger charge is 2.08. The zero-order chi connectivity index (χ0) is 15.4. The number of nitrogens with zero attached hydrogens (tertiary/aromatic N) is 1. The van der Waals surface area contributed by atoms with Crippen LogP contribution in [0.15, 0.2) is 46.4 Å². The molecular formula is C17H20N2OS. The molecule has 0 amide bonds. The molecule has 4 heteroatoms. The van der Waals surface area contributed by atoms with Crippen molar-refractivity contribution in [1.82, 2.24) is 0 Å². The first-order valence-electron chi connectivity index (χ1n) is 6.78. The summed E-state index contributed by atoms with van der Waals surface area (Å²) in [5.41, 5.74) is 11.5. The summed E-state index contributed by atoms with van der Waals surface area (Å²) in [5.74, 6) is 1.01. The SMILES string of the molecule is Cc1cc(C)cc(CSc2ccc(C)cc2/C(N)=N/O)c1. The lowest BCUT2D eigenvalue weighted by atomic mass is 10.1. The van der Waals surface area contributed by atoms with Gasteiger partial charge in [0.1, 0.15) is 0 Å². The maximum Gasteiger partial charge on any atom is 0.171 e. The van der Waals surface area contributed by atoms with Crippen molar-refractivity contribution in [3.05, 3.63) is 64.2 Å². The van der Waals surface area contributed by atoms with Crippen LogP contribution in [0, 0.1) is 20.8 Å². The standard InChI is InChI=1S/C17H20N2OS/c1-11-4-5-16(15(9-11)17(18)19-20)21-10-14-7-12(2)6-13(3)8-14/h4-9,20H,10H2,1-3H3,(H2,18,19). The molecule has 21 heavy (non-hydrogen) atoms. The summed E-state index contributed by atoms with van der Waals surface area (Å²) >= 11 is 1.70. The Kier molecular flexibility index (Phi) is 4.91. The van der Waals surface area contributed by atoms with Gasteiger partial charge in [-0.05, 0) is 38.5 Å². The van der Waals surface area contributed by atoms with Gasteiger partial charge in [-0.25, -0.2) is 0 Å². The second-order valence-electron chi connectivity index (χ2n) is 5.27. The van der Waals surface area contributed by atoms with Crippen molar-refractivity contribution < 1.29 is 5.21 Å². The zero-order valence-electron chi connectivity index (χ0n) is 12.6. The lowest BCUT2D eigenvalue weighted by molar-refractivity contribution is 0.318. The number of amidine groups is 1.